The van der Waals surface area contributed by atoms with Crippen LogP contribution >= 0.6 is 0 Å². The van der Waals surface area contributed by atoms with Gasteiger partial charge < -0.3 is 14.4 Å². The molecule has 1 atom stereocenters. The van der Waals surface area contributed by atoms with E-state index in [9.17, 15) is 14.0 Å². The molecule has 1 saturated heterocycles. The first kappa shape index (κ1) is 19.0. The molecule has 6 nitrogen and oxygen atoms in total. The molecule has 1 saturated carbocycles. The van der Waals surface area contributed by atoms with Gasteiger partial charge in [-0.1, -0.05) is 0 Å². The predicted molar refractivity (Wildman–Crippen MR) is 108 cm³/mol. The first-order chi connectivity index (χ1) is 14.6. The third-order valence-corrected chi connectivity index (χ3v) is 6.13. The lowest BCUT2D eigenvalue weighted by Gasteiger charge is -2.18. The smallest absolute Gasteiger partial charge is 0.268 e. The Hall–Kier alpha value is -2.96. The zero-order valence-corrected chi connectivity index (χ0v) is 16.6. The average molecular weight is 410 g/mol. The Kier molecular flexibility index (Phi) is 4.89. The number of carbonyl (C=O) groups is 2. The average Bonchev–Trinajstić information content (AvgIpc) is 3.46. The fourth-order valence-electron chi connectivity index (χ4n) is 4.52. The van der Waals surface area contributed by atoms with Crippen LogP contribution in [0.15, 0.2) is 30.5 Å². The van der Waals surface area contributed by atoms with Gasteiger partial charge in [-0.2, -0.15) is 0 Å². The third kappa shape index (κ3) is 3.53. The molecule has 0 unspecified atom stereocenters. The minimum Gasteiger partial charge on any atom is -0.479 e. The Balaban J connectivity index is 1.26. The van der Waals surface area contributed by atoms with Crippen LogP contribution in [0.25, 0.3) is 0 Å². The molecule has 30 heavy (non-hydrogen) atoms. The number of halogens is 1. The van der Waals surface area contributed by atoms with Gasteiger partial charge in [-0.05, 0) is 55.9 Å². The maximum atomic E-state index is 14.4. The first-order valence-corrected chi connectivity index (χ1v) is 10.5. The molecule has 1 aliphatic heterocycles. The summed E-state index contributed by atoms with van der Waals surface area (Å²) >= 11 is 0. The Morgan fingerprint density at radius 2 is 1.87 bits per heavy atom. The van der Waals surface area contributed by atoms with E-state index >= 15 is 0 Å². The number of ketones is 1. The van der Waals surface area contributed by atoms with Crippen LogP contribution in [0.4, 0.5) is 10.1 Å². The maximum absolute atomic E-state index is 14.4. The third-order valence-electron chi connectivity index (χ3n) is 6.13. The zero-order chi connectivity index (χ0) is 20.7. The number of pyridine rings is 1. The molecule has 3 aliphatic rings. The summed E-state index contributed by atoms with van der Waals surface area (Å²) in [7, 11) is 0. The van der Waals surface area contributed by atoms with Crippen LogP contribution in [0.5, 0.6) is 11.6 Å². The summed E-state index contributed by atoms with van der Waals surface area (Å²) in [6.07, 6.45) is 6.84. The Bertz CT molecular complexity index is 985. The molecule has 1 aromatic heterocycles. The van der Waals surface area contributed by atoms with Crippen LogP contribution in [-0.4, -0.2) is 35.4 Å². The number of rotatable bonds is 5. The van der Waals surface area contributed by atoms with Crippen molar-refractivity contribution in [3.63, 3.8) is 0 Å². The minimum absolute atomic E-state index is 0.0730. The van der Waals surface area contributed by atoms with Gasteiger partial charge in [0.2, 0.25) is 5.88 Å². The van der Waals surface area contributed by atoms with Crippen molar-refractivity contribution in [2.75, 3.05) is 11.4 Å². The number of carbonyl (C=O) groups excluding carboxylic acids is 2. The molecule has 2 fully saturated rings. The lowest BCUT2D eigenvalue weighted by molar-refractivity contribution is -0.122. The second kappa shape index (κ2) is 7.70. The van der Waals surface area contributed by atoms with Crippen molar-refractivity contribution >= 4 is 17.4 Å². The number of benzene rings is 1. The minimum atomic E-state index is -0.666. The van der Waals surface area contributed by atoms with E-state index in [2.05, 4.69) is 4.98 Å². The van der Waals surface area contributed by atoms with Gasteiger partial charge in [-0.15, -0.1) is 0 Å². The molecule has 5 rings (SSSR count). The standard InChI is InChI=1S/C23H23FN2O4/c24-19-12-14(11-18-17(19)6-7-20(18)27)26-10-9-21(23(26)28)29-16-5-8-22(25-13-16)30-15-3-1-2-4-15/h5,8,11-13,15,21H,1-4,6-7,9-10H2/t21-/m1/s1. The number of anilines is 1. The summed E-state index contributed by atoms with van der Waals surface area (Å²) in [6.45, 7) is 0.409. The van der Waals surface area contributed by atoms with Gasteiger partial charge in [0.05, 0.1) is 6.20 Å². The molecule has 7 heteroatoms. The van der Waals surface area contributed by atoms with Crippen LogP contribution in [0, 0.1) is 5.82 Å². The van der Waals surface area contributed by atoms with E-state index in [0.29, 0.717) is 54.3 Å². The summed E-state index contributed by atoms with van der Waals surface area (Å²) < 4.78 is 26.1. The molecule has 0 radical (unpaired) electrons. The number of ether oxygens (including phenoxy) is 2. The summed E-state index contributed by atoms with van der Waals surface area (Å²) in [5, 5.41) is 0. The molecule has 2 aromatic rings. The Morgan fingerprint density at radius 1 is 1.03 bits per heavy atom. The monoisotopic (exact) mass is 410 g/mol. The van der Waals surface area contributed by atoms with E-state index < -0.39 is 11.9 Å². The summed E-state index contributed by atoms with van der Waals surface area (Å²) in [5.74, 6) is 0.311. The topological polar surface area (TPSA) is 68.7 Å². The van der Waals surface area contributed by atoms with Gasteiger partial charge >= 0.3 is 0 Å². The molecular formula is C23H23FN2O4. The van der Waals surface area contributed by atoms with Crippen molar-refractivity contribution in [3.8, 4) is 11.6 Å². The lowest BCUT2D eigenvalue weighted by atomic mass is 10.1. The van der Waals surface area contributed by atoms with Crippen molar-refractivity contribution in [3.05, 3.63) is 47.4 Å². The summed E-state index contributed by atoms with van der Waals surface area (Å²) in [4.78, 5) is 30.6. The van der Waals surface area contributed by atoms with E-state index in [-0.39, 0.29) is 17.8 Å². The van der Waals surface area contributed by atoms with Gasteiger partial charge in [0.25, 0.3) is 5.91 Å². The zero-order valence-electron chi connectivity index (χ0n) is 16.6. The Morgan fingerprint density at radius 3 is 2.63 bits per heavy atom. The largest absolute Gasteiger partial charge is 0.479 e. The van der Waals surface area contributed by atoms with Gasteiger partial charge in [-0.25, -0.2) is 9.37 Å². The molecule has 2 aliphatic carbocycles. The number of hydrogen-bond acceptors (Lipinski definition) is 5. The van der Waals surface area contributed by atoms with E-state index in [4.69, 9.17) is 9.47 Å². The van der Waals surface area contributed by atoms with Crippen LogP contribution in [0.1, 0.15) is 54.4 Å². The Labute approximate surface area is 174 Å². The van der Waals surface area contributed by atoms with E-state index in [1.54, 1.807) is 24.4 Å². The molecule has 156 valence electrons. The first-order valence-electron chi connectivity index (χ1n) is 10.5. The highest BCUT2D eigenvalue weighted by Crippen LogP contribution is 2.32. The van der Waals surface area contributed by atoms with E-state index in [1.165, 1.54) is 23.8 Å². The molecule has 1 amide bonds. The number of aromatic nitrogens is 1. The van der Waals surface area contributed by atoms with Crippen LogP contribution < -0.4 is 14.4 Å². The fourth-order valence-corrected chi connectivity index (χ4v) is 4.52. The second-order valence-electron chi connectivity index (χ2n) is 8.12. The van der Waals surface area contributed by atoms with Crippen molar-refractivity contribution < 1.29 is 23.5 Å². The van der Waals surface area contributed by atoms with Gasteiger partial charge in [0.1, 0.15) is 17.7 Å². The fraction of sp³-hybridized carbons (Fsp3) is 0.435. The predicted octanol–water partition coefficient (Wildman–Crippen LogP) is 3.86. The number of Topliss-reactive ketones (excluding diaryl/α,β-unsaturated/α-hetero) is 1. The molecule has 2 heterocycles. The van der Waals surface area contributed by atoms with Crippen molar-refractivity contribution in [1.82, 2.24) is 4.98 Å². The lowest BCUT2D eigenvalue weighted by Crippen LogP contribution is -2.32. The van der Waals surface area contributed by atoms with Crippen molar-refractivity contribution in [2.45, 2.75) is 57.2 Å². The van der Waals surface area contributed by atoms with E-state index in [0.717, 1.165) is 12.8 Å². The summed E-state index contributed by atoms with van der Waals surface area (Å²) in [6, 6.07) is 6.48. The quantitative estimate of drug-likeness (QED) is 0.749. The highest BCUT2D eigenvalue weighted by Gasteiger charge is 2.36. The van der Waals surface area contributed by atoms with Gasteiger partial charge in [0.15, 0.2) is 11.9 Å². The van der Waals surface area contributed by atoms with Gasteiger partial charge in [-0.3, -0.25) is 9.59 Å². The maximum Gasteiger partial charge on any atom is 0.268 e. The summed E-state index contributed by atoms with van der Waals surface area (Å²) in [5.41, 5.74) is 1.26. The van der Waals surface area contributed by atoms with Crippen LogP contribution in [-0.2, 0) is 11.2 Å². The molecule has 0 N–H and O–H groups in total. The number of hydrogen-bond donors (Lipinski definition) is 0. The number of amides is 1. The molecule has 0 spiro atoms. The number of fused-ring (bicyclic) bond motifs is 1. The van der Waals surface area contributed by atoms with E-state index in [1.807, 2.05) is 0 Å². The highest BCUT2D eigenvalue weighted by molar-refractivity contribution is 6.04. The highest BCUT2D eigenvalue weighted by atomic mass is 19.1. The van der Waals surface area contributed by atoms with Gasteiger partial charge in [0, 0.05) is 36.7 Å². The molecule has 1 aromatic carbocycles. The van der Waals surface area contributed by atoms with Crippen molar-refractivity contribution in [2.24, 2.45) is 0 Å². The SMILES string of the molecule is O=C1CCc2c(F)cc(N3CC[C@@H](Oc4ccc(OC5CCCC5)nc4)C3=O)cc21. The number of nitrogens with zero attached hydrogens (tertiary/aromatic N) is 2. The van der Waals surface area contributed by atoms with Crippen LogP contribution in [0.2, 0.25) is 0 Å². The second-order valence-corrected chi connectivity index (χ2v) is 8.12. The van der Waals surface area contributed by atoms with Crippen molar-refractivity contribution in [1.29, 1.82) is 0 Å². The molecular weight excluding hydrogens is 387 g/mol. The molecule has 0 bridgehead atoms. The normalized spacial score (nSPS) is 21.4. The van der Waals surface area contributed by atoms with Crippen LogP contribution in [0.3, 0.4) is 0 Å².